The van der Waals surface area contributed by atoms with Crippen LogP contribution in [0.1, 0.15) is 0 Å². The molecule has 0 saturated carbocycles. The number of nitrogens with zero attached hydrogens (tertiary/aromatic N) is 5. The summed E-state index contributed by atoms with van der Waals surface area (Å²) in [5.41, 5.74) is 12.3. The first kappa shape index (κ1) is 24.5. The van der Waals surface area contributed by atoms with E-state index in [0.717, 1.165) is 78.1 Å². The summed E-state index contributed by atoms with van der Waals surface area (Å²) in [5, 5.41) is 1.06. The summed E-state index contributed by atoms with van der Waals surface area (Å²) in [4.78, 5) is 15.2. The van der Waals surface area contributed by atoms with Crippen LogP contribution in [0.2, 0.25) is 0 Å². The third kappa shape index (κ3) is 3.83. The van der Waals surface area contributed by atoms with E-state index in [9.17, 15) is 0 Å². The van der Waals surface area contributed by atoms with Crippen molar-refractivity contribution in [3.05, 3.63) is 152 Å². The van der Waals surface area contributed by atoms with Gasteiger partial charge in [-0.2, -0.15) is 0 Å². The van der Waals surface area contributed by atoms with Gasteiger partial charge in [0.2, 0.25) is 0 Å². The minimum atomic E-state index is 0.914. The van der Waals surface area contributed by atoms with Crippen molar-refractivity contribution in [2.75, 3.05) is 0 Å². The fourth-order valence-electron chi connectivity index (χ4n) is 6.27. The molecule has 5 aromatic carbocycles. The van der Waals surface area contributed by atoms with Crippen LogP contribution < -0.4 is 0 Å². The maximum absolute atomic E-state index is 5.14. The molecule has 0 aliphatic rings. The second kappa shape index (κ2) is 9.75. The lowest BCUT2D eigenvalue weighted by atomic mass is 10.00. The van der Waals surface area contributed by atoms with Crippen LogP contribution in [0.4, 0.5) is 0 Å². The lowest BCUT2D eigenvalue weighted by Gasteiger charge is -2.11. The lowest BCUT2D eigenvalue weighted by Crippen LogP contribution is -1.97. The zero-order chi connectivity index (χ0) is 29.0. The second-order valence-electron chi connectivity index (χ2n) is 11.0. The molecule has 9 aromatic rings. The van der Waals surface area contributed by atoms with E-state index >= 15 is 0 Å². The number of pyridine rings is 2. The molecule has 0 spiro atoms. The van der Waals surface area contributed by atoms with Gasteiger partial charge in [-0.15, -0.1) is 0 Å². The standard InChI is InChI=1S/C39H25N5/c1-2-13-30(14-3-1)44-34-18-7-6-17-33(34)41-39(44)29-12-10-11-28(25-29)26-20-22-27(23-21-26)36-38-37(31-15-4-5-16-32(31)40-36)42-35-19-8-9-24-43(35)38/h1-25H. The summed E-state index contributed by atoms with van der Waals surface area (Å²) in [6.07, 6.45) is 2.06. The summed E-state index contributed by atoms with van der Waals surface area (Å²) in [6.45, 7) is 0. The molecule has 4 heterocycles. The normalized spacial score (nSPS) is 11.6. The van der Waals surface area contributed by atoms with E-state index in [1.807, 2.05) is 42.5 Å². The molecule has 0 radical (unpaired) electrons. The Bertz CT molecular complexity index is 2490. The number of aromatic nitrogens is 5. The molecule has 206 valence electrons. The number of fused-ring (bicyclic) bond motifs is 6. The molecule has 0 saturated heterocycles. The molecule has 0 fully saturated rings. The van der Waals surface area contributed by atoms with E-state index in [4.69, 9.17) is 15.0 Å². The molecule has 9 rings (SSSR count). The molecular weight excluding hydrogens is 538 g/mol. The minimum absolute atomic E-state index is 0.914. The first-order valence-corrected chi connectivity index (χ1v) is 14.7. The van der Waals surface area contributed by atoms with Crippen molar-refractivity contribution in [1.82, 2.24) is 23.9 Å². The van der Waals surface area contributed by atoms with Crippen LogP contribution >= 0.6 is 0 Å². The summed E-state index contributed by atoms with van der Waals surface area (Å²) in [5.74, 6) is 0.922. The van der Waals surface area contributed by atoms with E-state index < -0.39 is 0 Å². The highest BCUT2D eigenvalue weighted by atomic mass is 15.1. The molecule has 5 heteroatoms. The predicted octanol–water partition coefficient (Wildman–Crippen LogP) is 9.38. The zero-order valence-corrected chi connectivity index (χ0v) is 23.7. The Balaban J connectivity index is 1.16. The molecule has 0 amide bonds. The Morgan fingerprint density at radius 3 is 2.09 bits per heavy atom. The Kier molecular flexibility index (Phi) is 5.43. The largest absolute Gasteiger partial charge is 0.298 e. The molecule has 4 aromatic heterocycles. The first-order valence-electron chi connectivity index (χ1n) is 14.7. The summed E-state index contributed by atoms with van der Waals surface area (Å²) >= 11 is 0. The first-order chi connectivity index (χ1) is 21.8. The molecule has 0 aliphatic heterocycles. The average molecular weight is 564 g/mol. The highest BCUT2D eigenvalue weighted by molar-refractivity contribution is 6.09. The third-order valence-corrected chi connectivity index (χ3v) is 8.33. The predicted molar refractivity (Wildman–Crippen MR) is 179 cm³/mol. The van der Waals surface area contributed by atoms with Crippen molar-refractivity contribution in [2.24, 2.45) is 0 Å². The molecule has 44 heavy (non-hydrogen) atoms. The summed E-state index contributed by atoms with van der Waals surface area (Å²) in [6, 6.07) is 50.4. The van der Waals surface area contributed by atoms with E-state index in [1.165, 1.54) is 0 Å². The van der Waals surface area contributed by atoms with Crippen LogP contribution in [0.5, 0.6) is 0 Å². The van der Waals surface area contributed by atoms with E-state index in [-0.39, 0.29) is 0 Å². The van der Waals surface area contributed by atoms with Gasteiger partial charge in [-0.3, -0.25) is 8.97 Å². The highest BCUT2D eigenvalue weighted by Gasteiger charge is 2.17. The van der Waals surface area contributed by atoms with Crippen LogP contribution in [0.25, 0.3) is 78.1 Å². The van der Waals surface area contributed by atoms with E-state index in [1.54, 1.807) is 0 Å². The van der Waals surface area contributed by atoms with Gasteiger partial charge in [-0.25, -0.2) is 15.0 Å². The maximum atomic E-state index is 5.14. The zero-order valence-electron chi connectivity index (χ0n) is 23.7. The van der Waals surface area contributed by atoms with Crippen LogP contribution in [-0.2, 0) is 0 Å². The Labute approximate surface area is 253 Å². The summed E-state index contributed by atoms with van der Waals surface area (Å²) in [7, 11) is 0. The van der Waals surface area contributed by atoms with Gasteiger partial charge in [-0.05, 0) is 59.7 Å². The second-order valence-corrected chi connectivity index (χ2v) is 11.0. The van der Waals surface area contributed by atoms with Crippen molar-refractivity contribution < 1.29 is 0 Å². The summed E-state index contributed by atoms with van der Waals surface area (Å²) < 4.78 is 4.38. The van der Waals surface area contributed by atoms with Gasteiger partial charge in [0, 0.05) is 28.4 Å². The van der Waals surface area contributed by atoms with Gasteiger partial charge < -0.3 is 0 Å². The molecule has 0 N–H and O–H groups in total. The number of para-hydroxylation sites is 4. The fraction of sp³-hybridized carbons (Fsp3) is 0. The molecule has 0 unspecified atom stereocenters. The van der Waals surface area contributed by atoms with Gasteiger partial charge >= 0.3 is 0 Å². The van der Waals surface area contributed by atoms with Gasteiger partial charge in [0.25, 0.3) is 0 Å². The molecule has 0 aliphatic carbocycles. The highest BCUT2D eigenvalue weighted by Crippen LogP contribution is 2.35. The molecule has 0 bridgehead atoms. The molecular formula is C39H25N5. The van der Waals surface area contributed by atoms with Crippen LogP contribution in [0.3, 0.4) is 0 Å². The minimum Gasteiger partial charge on any atom is -0.298 e. The van der Waals surface area contributed by atoms with Crippen molar-refractivity contribution >= 4 is 38.6 Å². The Hall–Kier alpha value is -6.07. The maximum Gasteiger partial charge on any atom is 0.145 e. The topological polar surface area (TPSA) is 48.0 Å². The molecule has 0 atom stereocenters. The number of imidazole rings is 2. The van der Waals surface area contributed by atoms with Crippen molar-refractivity contribution in [3.63, 3.8) is 0 Å². The van der Waals surface area contributed by atoms with Crippen LogP contribution in [0.15, 0.2) is 152 Å². The van der Waals surface area contributed by atoms with Gasteiger partial charge in [0.05, 0.1) is 27.8 Å². The smallest absolute Gasteiger partial charge is 0.145 e. The lowest BCUT2D eigenvalue weighted by molar-refractivity contribution is 1.10. The van der Waals surface area contributed by atoms with Gasteiger partial charge in [-0.1, -0.05) is 97.1 Å². The van der Waals surface area contributed by atoms with E-state index in [2.05, 4.69) is 118 Å². The van der Waals surface area contributed by atoms with Gasteiger partial charge in [0.1, 0.15) is 17.0 Å². The van der Waals surface area contributed by atoms with E-state index in [0.29, 0.717) is 0 Å². The number of rotatable bonds is 4. The Morgan fingerprint density at radius 2 is 1.20 bits per heavy atom. The number of benzene rings is 5. The van der Waals surface area contributed by atoms with Crippen molar-refractivity contribution in [1.29, 1.82) is 0 Å². The van der Waals surface area contributed by atoms with Crippen LogP contribution in [0, 0.1) is 0 Å². The fourth-order valence-corrected chi connectivity index (χ4v) is 6.27. The average Bonchev–Trinajstić information content (AvgIpc) is 3.68. The van der Waals surface area contributed by atoms with Gasteiger partial charge in [0.15, 0.2) is 0 Å². The van der Waals surface area contributed by atoms with Crippen molar-refractivity contribution in [2.45, 2.75) is 0 Å². The van der Waals surface area contributed by atoms with Crippen molar-refractivity contribution in [3.8, 4) is 39.5 Å². The number of hydrogen-bond donors (Lipinski definition) is 0. The number of hydrogen-bond acceptors (Lipinski definition) is 3. The molecule has 5 nitrogen and oxygen atoms in total. The monoisotopic (exact) mass is 563 g/mol. The SMILES string of the molecule is c1ccc(-n2c(-c3cccc(-c4ccc(-c5nc6ccccc6c6nc7ccccn7c56)cc4)c3)nc3ccccc32)cc1. The quantitative estimate of drug-likeness (QED) is 0.214. The third-order valence-electron chi connectivity index (χ3n) is 8.33. The Morgan fingerprint density at radius 1 is 0.477 bits per heavy atom. The van der Waals surface area contributed by atoms with Crippen LogP contribution in [-0.4, -0.2) is 23.9 Å².